The van der Waals surface area contributed by atoms with Gasteiger partial charge in [-0.3, -0.25) is 4.79 Å². The molecule has 11 nitrogen and oxygen atoms in total. The molecule has 1 aromatic heterocycles. The summed E-state index contributed by atoms with van der Waals surface area (Å²) in [6.07, 6.45) is -4.18. The van der Waals surface area contributed by atoms with E-state index in [1.165, 1.54) is 19.2 Å². The van der Waals surface area contributed by atoms with Crippen molar-refractivity contribution < 1.29 is 41.8 Å². The number of halogens is 3. The first-order valence-corrected chi connectivity index (χ1v) is 19.5. The second-order valence-electron chi connectivity index (χ2n) is 14.5. The molecule has 6 aromatic carbocycles. The minimum atomic E-state index is -4.47. The summed E-state index contributed by atoms with van der Waals surface area (Å²) in [4.78, 5) is 43.7. The number of para-hydroxylation sites is 1. The maximum Gasteiger partial charge on any atom is 0.416 e. The molecule has 0 saturated carbocycles. The summed E-state index contributed by atoms with van der Waals surface area (Å²) in [5.41, 5.74) is 5.31. The van der Waals surface area contributed by atoms with E-state index in [9.17, 15) is 27.6 Å². The zero-order valence-corrected chi connectivity index (χ0v) is 34.2. The number of benzene rings is 6. The predicted molar refractivity (Wildman–Crippen MR) is 231 cm³/mol. The summed E-state index contributed by atoms with van der Waals surface area (Å²) in [7, 11) is 3.21. The van der Waals surface area contributed by atoms with E-state index < -0.39 is 29.8 Å². The maximum absolute atomic E-state index is 13.3. The van der Waals surface area contributed by atoms with Crippen molar-refractivity contribution in [3.8, 4) is 17.2 Å². The molecule has 62 heavy (non-hydrogen) atoms. The number of esters is 1. The first-order valence-electron chi connectivity index (χ1n) is 19.5. The van der Waals surface area contributed by atoms with Crippen LogP contribution in [0.1, 0.15) is 44.0 Å². The quantitative estimate of drug-likeness (QED) is 0.0728. The Morgan fingerprint density at radius 2 is 1.42 bits per heavy atom. The molecule has 0 radical (unpaired) electrons. The van der Waals surface area contributed by atoms with E-state index >= 15 is 0 Å². The van der Waals surface area contributed by atoms with Crippen molar-refractivity contribution in [1.29, 1.82) is 0 Å². The Labute approximate surface area is 355 Å². The molecule has 0 aliphatic rings. The second-order valence-corrected chi connectivity index (χ2v) is 14.5. The van der Waals surface area contributed by atoms with Gasteiger partial charge in [0.15, 0.2) is 5.78 Å². The normalized spacial score (nSPS) is 11.7. The van der Waals surface area contributed by atoms with Crippen LogP contribution in [0.15, 0.2) is 133 Å². The summed E-state index contributed by atoms with van der Waals surface area (Å²) in [5.74, 6) is 1.76. The smallest absolute Gasteiger partial charge is 0.416 e. The van der Waals surface area contributed by atoms with Gasteiger partial charge in [0.2, 0.25) is 0 Å². The molecule has 3 N–H and O–H groups in total. The highest BCUT2D eigenvalue weighted by molar-refractivity contribution is 6.12. The minimum Gasteiger partial charge on any atom is -0.486 e. The molecule has 316 valence electrons. The number of nitrogens with zero attached hydrogens (tertiary/aromatic N) is 2. The van der Waals surface area contributed by atoms with Crippen LogP contribution in [0, 0.1) is 13.8 Å². The highest BCUT2D eigenvalue weighted by atomic mass is 19.4. The van der Waals surface area contributed by atoms with Crippen LogP contribution in [0.3, 0.4) is 0 Å². The number of anilines is 3. The minimum absolute atomic E-state index is 0.161. The third-order valence-electron chi connectivity index (χ3n) is 10.1. The van der Waals surface area contributed by atoms with Crippen LogP contribution in [-0.2, 0) is 35.8 Å². The molecule has 7 rings (SSSR count). The van der Waals surface area contributed by atoms with Crippen LogP contribution in [0.4, 0.5) is 35.0 Å². The Morgan fingerprint density at radius 3 is 2.10 bits per heavy atom. The third kappa shape index (κ3) is 10.0. The van der Waals surface area contributed by atoms with Gasteiger partial charge < -0.3 is 34.7 Å². The zero-order valence-electron chi connectivity index (χ0n) is 34.2. The van der Waals surface area contributed by atoms with Crippen molar-refractivity contribution in [2.24, 2.45) is 7.05 Å². The van der Waals surface area contributed by atoms with Gasteiger partial charge in [0.25, 0.3) is 0 Å². The van der Waals surface area contributed by atoms with Gasteiger partial charge in [-0.05, 0) is 103 Å². The molecule has 2 amide bonds. The molecule has 0 spiro atoms. The fraction of sp³-hybridized carbons (Fsp3) is 0.167. The molecule has 7 aromatic rings. The molecule has 1 atom stereocenters. The van der Waals surface area contributed by atoms with E-state index in [-0.39, 0.29) is 18.1 Å². The number of aromatic nitrogens is 2. The Bertz CT molecular complexity index is 2710. The summed E-state index contributed by atoms with van der Waals surface area (Å²) >= 11 is 0. The number of urea groups is 1. The number of alkyl halides is 3. The molecular formula is C48H42F3N5O6. The standard InChI is InChI=1S/C48H42F3N5O6/c1-29-24-37(25-30(2)44(29)55-47(59)52-34-18-16-33(17-19-34)48(49,50)51)62-36-22-23-40-42(27-36)56(3)43(54-40)28-61-35-20-14-31(15-21-35)26-41(46(58)60-4)53-39-13-9-8-12-38(39)45(57)32-10-6-5-7-11-32/h5-25,27,41,53H,26,28H2,1-4H3,(H2,52,55,59). The van der Waals surface area contributed by atoms with E-state index in [0.717, 1.165) is 39.9 Å². The number of hydrogen-bond acceptors (Lipinski definition) is 8. The van der Waals surface area contributed by atoms with E-state index in [2.05, 4.69) is 16.0 Å². The number of ketones is 1. The van der Waals surface area contributed by atoms with Crippen LogP contribution >= 0.6 is 0 Å². The fourth-order valence-corrected chi connectivity index (χ4v) is 6.93. The largest absolute Gasteiger partial charge is 0.486 e. The third-order valence-corrected chi connectivity index (χ3v) is 10.1. The lowest BCUT2D eigenvalue weighted by molar-refractivity contribution is -0.141. The molecule has 0 aliphatic carbocycles. The Balaban J connectivity index is 0.963. The molecule has 0 bridgehead atoms. The van der Waals surface area contributed by atoms with E-state index in [4.69, 9.17) is 19.2 Å². The number of rotatable bonds is 14. The number of fused-ring (bicyclic) bond motifs is 1. The Morgan fingerprint density at radius 1 is 0.758 bits per heavy atom. The summed E-state index contributed by atoms with van der Waals surface area (Å²) in [5, 5.41) is 8.57. The van der Waals surface area contributed by atoms with Crippen LogP contribution < -0.4 is 25.4 Å². The highest BCUT2D eigenvalue weighted by Gasteiger charge is 2.30. The van der Waals surface area contributed by atoms with Crippen molar-refractivity contribution in [3.63, 3.8) is 0 Å². The predicted octanol–water partition coefficient (Wildman–Crippen LogP) is 10.7. The van der Waals surface area contributed by atoms with Crippen molar-refractivity contribution in [1.82, 2.24) is 9.55 Å². The first-order chi connectivity index (χ1) is 29.7. The van der Waals surface area contributed by atoms with Crippen LogP contribution in [0.5, 0.6) is 17.2 Å². The molecule has 1 unspecified atom stereocenters. The SMILES string of the molecule is COC(=O)C(Cc1ccc(OCc2nc3ccc(Oc4cc(C)c(NC(=O)Nc5ccc(C(F)(F)F)cc5)c(C)c4)cc3n2C)cc1)Nc1ccccc1C(=O)c1ccccc1. The number of carbonyl (C=O) groups is 3. The van der Waals surface area contributed by atoms with Crippen LogP contribution in [-0.4, -0.2) is 40.5 Å². The topological polar surface area (TPSA) is 133 Å². The van der Waals surface area contributed by atoms with E-state index in [1.807, 2.05) is 74.0 Å². The van der Waals surface area contributed by atoms with E-state index in [1.54, 1.807) is 60.7 Å². The summed E-state index contributed by atoms with van der Waals surface area (Å²) < 4.78 is 58.1. The Hall–Kier alpha value is -7.61. The van der Waals surface area contributed by atoms with Crippen molar-refractivity contribution in [2.75, 3.05) is 23.1 Å². The first kappa shape index (κ1) is 42.5. The molecule has 0 aliphatic heterocycles. The van der Waals surface area contributed by atoms with Crippen LogP contribution in [0.2, 0.25) is 0 Å². The van der Waals surface area contributed by atoms with Gasteiger partial charge in [-0.1, -0.05) is 54.6 Å². The molecule has 14 heteroatoms. The summed E-state index contributed by atoms with van der Waals surface area (Å²) in [6.45, 7) is 3.80. The van der Waals surface area contributed by atoms with Crippen molar-refractivity contribution >= 4 is 45.9 Å². The number of amides is 2. The second kappa shape index (κ2) is 18.3. The lowest BCUT2D eigenvalue weighted by Crippen LogP contribution is -2.33. The Kier molecular flexibility index (Phi) is 12.6. The number of imidazole rings is 1. The van der Waals surface area contributed by atoms with E-state index in [0.29, 0.717) is 52.0 Å². The van der Waals surface area contributed by atoms with Gasteiger partial charge in [-0.25, -0.2) is 14.6 Å². The average Bonchev–Trinajstić information content (AvgIpc) is 3.58. The van der Waals surface area contributed by atoms with Crippen molar-refractivity contribution in [2.45, 2.75) is 39.1 Å². The number of methoxy groups -OCH3 is 1. The monoisotopic (exact) mass is 841 g/mol. The molecule has 0 saturated heterocycles. The lowest BCUT2D eigenvalue weighted by atomic mass is 10.00. The fourth-order valence-electron chi connectivity index (χ4n) is 6.93. The van der Waals surface area contributed by atoms with Gasteiger partial charge in [0.1, 0.15) is 35.7 Å². The molecule has 0 fully saturated rings. The van der Waals surface area contributed by atoms with Gasteiger partial charge >= 0.3 is 18.2 Å². The lowest BCUT2D eigenvalue weighted by Gasteiger charge is -2.20. The number of aryl methyl sites for hydroxylation is 3. The number of ether oxygens (including phenoxy) is 3. The van der Waals surface area contributed by atoms with Gasteiger partial charge in [-0.15, -0.1) is 0 Å². The van der Waals surface area contributed by atoms with Crippen molar-refractivity contribution in [3.05, 3.63) is 173 Å². The highest BCUT2D eigenvalue weighted by Crippen LogP contribution is 2.33. The molecule has 1 heterocycles. The van der Waals surface area contributed by atoms with Gasteiger partial charge in [0.05, 0.1) is 23.7 Å². The number of nitrogens with one attached hydrogen (secondary N) is 3. The number of carbonyl (C=O) groups excluding carboxylic acids is 3. The summed E-state index contributed by atoms with van der Waals surface area (Å²) in [6, 6.07) is 35.3. The van der Waals surface area contributed by atoms with Gasteiger partial charge in [0, 0.05) is 47.7 Å². The number of hydrogen-bond donors (Lipinski definition) is 3. The van der Waals surface area contributed by atoms with Gasteiger partial charge in [-0.2, -0.15) is 13.2 Å². The zero-order chi connectivity index (χ0) is 44.0. The maximum atomic E-state index is 13.3. The average molecular weight is 842 g/mol. The van der Waals surface area contributed by atoms with Crippen LogP contribution in [0.25, 0.3) is 11.0 Å². The molecular weight excluding hydrogens is 800 g/mol.